The smallest absolute Gasteiger partial charge is 0.227 e. The number of rotatable bonds is 2. The summed E-state index contributed by atoms with van der Waals surface area (Å²) in [5, 5.41) is 3.52. The normalized spacial score (nSPS) is 21.1. The number of hydrogen-bond acceptors (Lipinski definition) is 3. The molecule has 1 aromatic rings. The van der Waals surface area contributed by atoms with Gasteiger partial charge in [0.1, 0.15) is 0 Å². The Bertz CT molecular complexity index is 451. The highest BCUT2D eigenvalue weighted by Gasteiger charge is 2.46. The number of aryl methyl sites for hydroxylation is 1. The molecule has 0 aromatic carbocycles. The Balaban J connectivity index is 1.62. The molecule has 2 fully saturated rings. The van der Waals surface area contributed by atoms with Crippen LogP contribution in [0.2, 0.25) is 0 Å². The van der Waals surface area contributed by atoms with Gasteiger partial charge >= 0.3 is 0 Å². The van der Waals surface area contributed by atoms with E-state index in [1.807, 2.05) is 30.2 Å². The Kier molecular flexibility index (Phi) is 2.82. The van der Waals surface area contributed by atoms with E-state index in [1.165, 1.54) is 12.8 Å². The summed E-state index contributed by atoms with van der Waals surface area (Å²) < 4.78 is 0. The molecule has 3 rings (SSSR count). The Morgan fingerprint density at radius 3 is 3.00 bits per heavy atom. The van der Waals surface area contributed by atoms with E-state index in [9.17, 15) is 4.79 Å². The molecule has 0 bridgehead atoms. The van der Waals surface area contributed by atoms with Crippen LogP contribution in [0.5, 0.6) is 0 Å². The van der Waals surface area contributed by atoms with Crippen LogP contribution in [0.3, 0.4) is 0 Å². The van der Waals surface area contributed by atoms with Crippen molar-refractivity contribution in [3.8, 4) is 0 Å². The molecule has 1 N–H and O–H groups in total. The minimum atomic E-state index is 0.230. The van der Waals surface area contributed by atoms with E-state index in [1.54, 1.807) is 0 Å². The van der Waals surface area contributed by atoms with Gasteiger partial charge in [0.15, 0.2) is 0 Å². The number of nitrogens with one attached hydrogen (secondary N) is 1. The van der Waals surface area contributed by atoms with Gasteiger partial charge in [0, 0.05) is 37.1 Å². The summed E-state index contributed by atoms with van der Waals surface area (Å²) in [6.07, 6.45) is 4.71. The van der Waals surface area contributed by atoms with E-state index < -0.39 is 0 Å². The average Bonchev–Trinajstić information content (AvgIpc) is 3.11. The lowest BCUT2D eigenvalue weighted by atomic mass is 10.1. The highest BCUT2D eigenvalue weighted by atomic mass is 16.2. The van der Waals surface area contributed by atoms with E-state index in [2.05, 4.69) is 10.3 Å². The molecule has 0 atom stereocenters. The van der Waals surface area contributed by atoms with Crippen LogP contribution in [-0.2, 0) is 11.2 Å². The number of amides is 1. The highest BCUT2D eigenvalue weighted by molar-refractivity contribution is 5.79. The van der Waals surface area contributed by atoms with Gasteiger partial charge < -0.3 is 10.2 Å². The number of hydrogen-bond donors (Lipinski definition) is 1. The lowest BCUT2D eigenvalue weighted by Crippen LogP contribution is -2.54. The largest absolute Gasteiger partial charge is 0.339 e. The van der Waals surface area contributed by atoms with Crippen molar-refractivity contribution in [1.82, 2.24) is 15.2 Å². The molecule has 2 aliphatic rings. The molecular formula is C14H19N3O. The first-order chi connectivity index (χ1) is 8.67. The van der Waals surface area contributed by atoms with E-state index in [4.69, 9.17) is 0 Å². The third-order valence-corrected chi connectivity index (χ3v) is 3.91. The van der Waals surface area contributed by atoms with Gasteiger partial charge in [0.25, 0.3) is 0 Å². The molecule has 1 spiro atoms. The lowest BCUT2D eigenvalue weighted by molar-refractivity contribution is -0.131. The van der Waals surface area contributed by atoms with E-state index >= 15 is 0 Å². The molecule has 1 aromatic heterocycles. The number of nitrogens with zero attached hydrogens (tertiary/aromatic N) is 2. The molecule has 1 aliphatic heterocycles. The first-order valence-corrected chi connectivity index (χ1v) is 6.61. The van der Waals surface area contributed by atoms with Crippen molar-refractivity contribution in [1.29, 1.82) is 0 Å². The summed E-state index contributed by atoms with van der Waals surface area (Å²) in [5.41, 5.74) is 2.26. The predicted octanol–water partition coefficient (Wildman–Crippen LogP) is 0.897. The Labute approximate surface area is 107 Å². The fourth-order valence-electron chi connectivity index (χ4n) is 2.54. The molecule has 4 heteroatoms. The number of aromatic nitrogens is 1. The Morgan fingerprint density at radius 2 is 2.33 bits per heavy atom. The predicted molar refractivity (Wildman–Crippen MR) is 69.2 cm³/mol. The molecule has 4 nitrogen and oxygen atoms in total. The summed E-state index contributed by atoms with van der Waals surface area (Å²) in [7, 11) is 0. The zero-order valence-corrected chi connectivity index (χ0v) is 10.8. The Hall–Kier alpha value is -1.42. The van der Waals surface area contributed by atoms with Crippen molar-refractivity contribution in [3.63, 3.8) is 0 Å². The van der Waals surface area contributed by atoms with Gasteiger partial charge in [0.05, 0.1) is 6.42 Å². The summed E-state index contributed by atoms with van der Waals surface area (Å²) in [6, 6.07) is 3.96. The van der Waals surface area contributed by atoms with E-state index in [0.29, 0.717) is 6.42 Å². The van der Waals surface area contributed by atoms with Crippen LogP contribution in [0.25, 0.3) is 0 Å². The first-order valence-electron chi connectivity index (χ1n) is 6.61. The first kappa shape index (κ1) is 11.7. The van der Waals surface area contributed by atoms with Crippen molar-refractivity contribution in [2.45, 2.75) is 31.7 Å². The molecule has 2 heterocycles. The number of piperazine rings is 1. The molecule has 96 valence electrons. The second-order valence-electron chi connectivity index (χ2n) is 5.51. The second-order valence-corrected chi connectivity index (χ2v) is 5.51. The van der Waals surface area contributed by atoms with Crippen LogP contribution >= 0.6 is 0 Å². The van der Waals surface area contributed by atoms with Crippen molar-refractivity contribution >= 4 is 5.91 Å². The van der Waals surface area contributed by atoms with Crippen molar-refractivity contribution < 1.29 is 4.79 Å². The number of carbonyl (C=O) groups excluding carboxylic acids is 1. The minimum Gasteiger partial charge on any atom is -0.339 e. The quantitative estimate of drug-likeness (QED) is 0.842. The van der Waals surface area contributed by atoms with E-state index in [0.717, 1.165) is 30.9 Å². The average molecular weight is 245 g/mol. The van der Waals surface area contributed by atoms with Crippen LogP contribution in [0.4, 0.5) is 0 Å². The van der Waals surface area contributed by atoms with Gasteiger partial charge in [-0.1, -0.05) is 6.07 Å². The number of pyridine rings is 1. The number of carbonyl (C=O) groups is 1. The summed E-state index contributed by atoms with van der Waals surface area (Å²) >= 11 is 0. The van der Waals surface area contributed by atoms with Gasteiger partial charge in [-0.2, -0.15) is 0 Å². The van der Waals surface area contributed by atoms with Crippen LogP contribution in [0, 0.1) is 6.92 Å². The topological polar surface area (TPSA) is 45.2 Å². The SMILES string of the molecule is Cc1ccc(CC(=O)N2CCNC3(CC3)C2)cn1. The standard InChI is InChI=1S/C14H19N3O/c1-11-2-3-12(9-15-11)8-13(18)17-7-6-16-14(10-17)4-5-14/h2-3,9,16H,4-8,10H2,1H3. The molecule has 1 amide bonds. The third kappa shape index (κ3) is 2.38. The van der Waals surface area contributed by atoms with Gasteiger partial charge in [-0.3, -0.25) is 9.78 Å². The Morgan fingerprint density at radius 1 is 1.50 bits per heavy atom. The zero-order valence-electron chi connectivity index (χ0n) is 10.8. The van der Waals surface area contributed by atoms with Gasteiger partial charge in [-0.15, -0.1) is 0 Å². The van der Waals surface area contributed by atoms with Crippen LogP contribution in [-0.4, -0.2) is 41.0 Å². The maximum atomic E-state index is 12.2. The van der Waals surface area contributed by atoms with Crippen molar-refractivity contribution in [2.75, 3.05) is 19.6 Å². The van der Waals surface area contributed by atoms with E-state index in [-0.39, 0.29) is 11.4 Å². The second kappa shape index (κ2) is 4.35. The summed E-state index contributed by atoms with van der Waals surface area (Å²) in [4.78, 5) is 18.5. The van der Waals surface area contributed by atoms with Gasteiger partial charge in [0.2, 0.25) is 5.91 Å². The molecule has 1 saturated heterocycles. The lowest BCUT2D eigenvalue weighted by Gasteiger charge is -2.34. The molecule has 1 saturated carbocycles. The molecular weight excluding hydrogens is 226 g/mol. The third-order valence-electron chi connectivity index (χ3n) is 3.91. The fraction of sp³-hybridized carbons (Fsp3) is 0.571. The van der Waals surface area contributed by atoms with Crippen LogP contribution in [0.1, 0.15) is 24.1 Å². The molecule has 18 heavy (non-hydrogen) atoms. The monoisotopic (exact) mass is 245 g/mol. The molecule has 1 aliphatic carbocycles. The van der Waals surface area contributed by atoms with Crippen LogP contribution in [0.15, 0.2) is 18.3 Å². The van der Waals surface area contributed by atoms with Gasteiger partial charge in [-0.05, 0) is 31.4 Å². The minimum absolute atomic E-state index is 0.230. The molecule has 0 unspecified atom stereocenters. The fourth-order valence-corrected chi connectivity index (χ4v) is 2.54. The maximum absolute atomic E-state index is 12.2. The van der Waals surface area contributed by atoms with Gasteiger partial charge in [-0.25, -0.2) is 0 Å². The zero-order chi connectivity index (χ0) is 12.6. The van der Waals surface area contributed by atoms with Crippen molar-refractivity contribution in [2.24, 2.45) is 0 Å². The summed E-state index contributed by atoms with van der Waals surface area (Å²) in [6.45, 7) is 4.60. The summed E-state index contributed by atoms with van der Waals surface area (Å²) in [5.74, 6) is 0.230. The van der Waals surface area contributed by atoms with Crippen LogP contribution < -0.4 is 5.32 Å². The molecule has 0 radical (unpaired) electrons. The van der Waals surface area contributed by atoms with Crippen molar-refractivity contribution in [3.05, 3.63) is 29.6 Å². The maximum Gasteiger partial charge on any atom is 0.227 e. The highest BCUT2D eigenvalue weighted by Crippen LogP contribution is 2.37.